The molecule has 0 unspecified atom stereocenters. The van der Waals surface area contributed by atoms with Crippen LogP contribution in [0.15, 0.2) is 11.0 Å². The third-order valence-corrected chi connectivity index (χ3v) is 1.63. The molecule has 0 spiro atoms. The number of ether oxygens (including phenoxy) is 1. The first-order chi connectivity index (χ1) is 6.61. The van der Waals surface area contributed by atoms with Crippen LogP contribution in [-0.4, -0.2) is 12.1 Å². The zero-order chi connectivity index (χ0) is 10.7. The summed E-state index contributed by atoms with van der Waals surface area (Å²) >= 11 is 0. The minimum Gasteiger partial charge on any atom is -0.495 e. The van der Waals surface area contributed by atoms with Gasteiger partial charge in [0.25, 0.3) is 12.0 Å². The van der Waals surface area contributed by atoms with Gasteiger partial charge in [-0.15, -0.1) is 0 Å². The van der Waals surface area contributed by atoms with Gasteiger partial charge in [0.1, 0.15) is 6.07 Å². The van der Waals surface area contributed by atoms with Crippen molar-refractivity contribution < 1.29 is 13.5 Å². The standard InChI is InChI=1S/C8H6F2N2O2/c1-14-6-4(2-11)8(13)12-3-5(6)7(9)10/h3,7H,1H3,(H,12,13). The van der Waals surface area contributed by atoms with Crippen LogP contribution >= 0.6 is 0 Å². The Balaban J connectivity index is 3.51. The van der Waals surface area contributed by atoms with Crippen molar-refractivity contribution >= 4 is 0 Å². The second kappa shape index (κ2) is 3.87. The summed E-state index contributed by atoms with van der Waals surface area (Å²) in [5.74, 6) is -0.369. The zero-order valence-corrected chi connectivity index (χ0v) is 7.17. The number of aromatic amines is 1. The number of rotatable bonds is 2. The predicted octanol–water partition coefficient (Wildman–Crippen LogP) is 1.19. The summed E-state index contributed by atoms with van der Waals surface area (Å²) in [5.41, 5.74) is -1.68. The number of halogens is 2. The van der Waals surface area contributed by atoms with E-state index < -0.39 is 23.1 Å². The fourth-order valence-corrected chi connectivity index (χ4v) is 1.01. The molecule has 4 nitrogen and oxygen atoms in total. The van der Waals surface area contributed by atoms with Gasteiger partial charge >= 0.3 is 0 Å². The van der Waals surface area contributed by atoms with Gasteiger partial charge in [-0.25, -0.2) is 8.78 Å². The maximum atomic E-state index is 12.4. The number of aromatic nitrogens is 1. The van der Waals surface area contributed by atoms with Gasteiger partial charge in [0.2, 0.25) is 0 Å². The summed E-state index contributed by atoms with van der Waals surface area (Å²) in [6.45, 7) is 0. The summed E-state index contributed by atoms with van der Waals surface area (Å²) in [7, 11) is 1.13. The minimum absolute atomic E-state index is 0.369. The Bertz CT molecular complexity index is 434. The minimum atomic E-state index is -2.80. The Kier molecular flexibility index (Phi) is 2.82. The van der Waals surface area contributed by atoms with Crippen molar-refractivity contribution in [1.82, 2.24) is 4.98 Å². The number of hydrogen-bond acceptors (Lipinski definition) is 3. The molecule has 6 heteroatoms. The molecule has 0 aliphatic carbocycles. The van der Waals surface area contributed by atoms with Crippen LogP contribution in [0.3, 0.4) is 0 Å². The average molecular weight is 200 g/mol. The van der Waals surface area contributed by atoms with Gasteiger partial charge in [0, 0.05) is 6.20 Å². The molecule has 1 aromatic heterocycles. The van der Waals surface area contributed by atoms with E-state index in [0.29, 0.717) is 0 Å². The lowest BCUT2D eigenvalue weighted by Gasteiger charge is -2.07. The number of methoxy groups -OCH3 is 1. The van der Waals surface area contributed by atoms with Gasteiger partial charge in [0.05, 0.1) is 12.7 Å². The highest BCUT2D eigenvalue weighted by molar-refractivity contribution is 5.46. The molecule has 0 bridgehead atoms. The molecule has 0 radical (unpaired) electrons. The monoisotopic (exact) mass is 200 g/mol. The topological polar surface area (TPSA) is 65.9 Å². The molecule has 1 rings (SSSR count). The number of alkyl halides is 2. The Morgan fingerprint density at radius 3 is 2.71 bits per heavy atom. The number of nitrogens with one attached hydrogen (secondary N) is 1. The molecule has 0 saturated heterocycles. The number of nitrogens with zero attached hydrogens (tertiary/aromatic N) is 1. The molecule has 1 N–H and O–H groups in total. The molecule has 0 saturated carbocycles. The van der Waals surface area contributed by atoms with E-state index in [0.717, 1.165) is 13.3 Å². The van der Waals surface area contributed by atoms with Crippen LogP contribution in [0.4, 0.5) is 8.78 Å². The summed E-state index contributed by atoms with van der Waals surface area (Å²) < 4.78 is 29.3. The first-order valence-corrected chi connectivity index (χ1v) is 3.59. The molecule has 0 aromatic carbocycles. The predicted molar refractivity (Wildman–Crippen MR) is 43.3 cm³/mol. The second-order valence-corrected chi connectivity index (χ2v) is 2.39. The fraction of sp³-hybridized carbons (Fsp3) is 0.250. The molecule has 0 amide bonds. The smallest absolute Gasteiger partial charge is 0.269 e. The van der Waals surface area contributed by atoms with Gasteiger partial charge in [0.15, 0.2) is 11.3 Å². The Labute approximate surface area is 77.7 Å². The van der Waals surface area contributed by atoms with Gasteiger partial charge < -0.3 is 9.72 Å². The molecule has 14 heavy (non-hydrogen) atoms. The van der Waals surface area contributed by atoms with Crippen molar-refractivity contribution in [2.45, 2.75) is 6.43 Å². The largest absolute Gasteiger partial charge is 0.495 e. The van der Waals surface area contributed by atoms with E-state index in [1.54, 1.807) is 0 Å². The van der Waals surface area contributed by atoms with Crippen molar-refractivity contribution in [1.29, 1.82) is 5.26 Å². The highest BCUT2D eigenvalue weighted by Crippen LogP contribution is 2.28. The van der Waals surface area contributed by atoms with Gasteiger partial charge in [-0.1, -0.05) is 0 Å². The van der Waals surface area contributed by atoms with Crippen molar-refractivity contribution in [3.05, 3.63) is 27.7 Å². The van der Waals surface area contributed by atoms with Gasteiger partial charge in [-0.3, -0.25) is 4.79 Å². The lowest BCUT2D eigenvalue weighted by atomic mass is 10.2. The van der Waals surface area contributed by atoms with E-state index in [1.165, 1.54) is 6.07 Å². The molecule has 74 valence electrons. The van der Waals surface area contributed by atoms with E-state index >= 15 is 0 Å². The zero-order valence-electron chi connectivity index (χ0n) is 7.17. The summed E-state index contributed by atoms with van der Waals surface area (Å²) in [6.07, 6.45) is -1.96. The van der Waals surface area contributed by atoms with Crippen molar-refractivity contribution in [2.24, 2.45) is 0 Å². The van der Waals surface area contributed by atoms with Crippen LogP contribution in [0.25, 0.3) is 0 Å². The number of hydrogen-bond donors (Lipinski definition) is 1. The maximum Gasteiger partial charge on any atom is 0.269 e. The summed E-state index contributed by atoms with van der Waals surface area (Å²) in [4.78, 5) is 13.0. The van der Waals surface area contributed by atoms with E-state index in [-0.39, 0.29) is 5.75 Å². The lowest BCUT2D eigenvalue weighted by molar-refractivity contribution is 0.146. The first kappa shape index (κ1) is 10.2. The maximum absolute atomic E-state index is 12.4. The van der Waals surface area contributed by atoms with E-state index in [4.69, 9.17) is 5.26 Å². The number of pyridine rings is 1. The Morgan fingerprint density at radius 2 is 2.29 bits per heavy atom. The average Bonchev–Trinajstić information content (AvgIpc) is 2.16. The molecule has 1 heterocycles. The van der Waals surface area contributed by atoms with Crippen molar-refractivity contribution in [2.75, 3.05) is 7.11 Å². The van der Waals surface area contributed by atoms with Gasteiger partial charge in [-0.2, -0.15) is 5.26 Å². The molecule has 1 aromatic rings. The third kappa shape index (κ3) is 1.57. The number of nitriles is 1. The van der Waals surface area contributed by atoms with Crippen molar-refractivity contribution in [3.8, 4) is 11.8 Å². The summed E-state index contributed by atoms with van der Waals surface area (Å²) in [6, 6.07) is 1.51. The fourth-order valence-electron chi connectivity index (χ4n) is 1.01. The molecule has 0 aliphatic rings. The van der Waals surface area contributed by atoms with Crippen LogP contribution in [0.5, 0.6) is 5.75 Å². The van der Waals surface area contributed by atoms with E-state index in [9.17, 15) is 13.6 Å². The third-order valence-electron chi connectivity index (χ3n) is 1.63. The SMILES string of the molecule is COc1c(C(F)F)c[nH]c(=O)c1C#N. The first-order valence-electron chi connectivity index (χ1n) is 3.59. The highest BCUT2D eigenvalue weighted by Gasteiger charge is 2.19. The van der Waals surface area contributed by atoms with Gasteiger partial charge in [-0.05, 0) is 0 Å². The van der Waals surface area contributed by atoms with Crippen LogP contribution in [-0.2, 0) is 0 Å². The quantitative estimate of drug-likeness (QED) is 0.779. The molecular weight excluding hydrogens is 194 g/mol. The van der Waals surface area contributed by atoms with Crippen LogP contribution in [0.1, 0.15) is 17.6 Å². The van der Waals surface area contributed by atoms with Crippen molar-refractivity contribution in [3.63, 3.8) is 0 Å². The Hall–Kier alpha value is -1.90. The second-order valence-electron chi connectivity index (χ2n) is 2.39. The number of H-pyrrole nitrogens is 1. The van der Waals surface area contributed by atoms with E-state index in [2.05, 4.69) is 4.74 Å². The molecule has 0 fully saturated rings. The molecule has 0 atom stereocenters. The normalized spacial score (nSPS) is 9.93. The van der Waals surface area contributed by atoms with E-state index in [1.807, 2.05) is 4.98 Å². The lowest BCUT2D eigenvalue weighted by Crippen LogP contribution is -2.13. The van der Waals surface area contributed by atoms with Crippen LogP contribution in [0, 0.1) is 11.3 Å². The summed E-state index contributed by atoms with van der Waals surface area (Å²) in [5, 5.41) is 8.54. The van der Waals surface area contributed by atoms with Crippen LogP contribution < -0.4 is 10.3 Å². The Morgan fingerprint density at radius 1 is 1.64 bits per heavy atom. The highest BCUT2D eigenvalue weighted by atomic mass is 19.3. The molecule has 0 aliphatic heterocycles. The molecular formula is C8H6F2N2O2. The van der Waals surface area contributed by atoms with Crippen LogP contribution in [0.2, 0.25) is 0 Å².